The van der Waals surface area contributed by atoms with E-state index in [0.717, 1.165) is 12.1 Å². The van der Waals surface area contributed by atoms with Crippen molar-refractivity contribution < 1.29 is 8.42 Å². The van der Waals surface area contributed by atoms with E-state index in [-0.39, 0.29) is 6.04 Å². The topological polar surface area (TPSA) is 46.2 Å². The zero-order valence-electron chi connectivity index (χ0n) is 12.4. The predicted octanol–water partition coefficient (Wildman–Crippen LogP) is 2.98. The first-order chi connectivity index (χ1) is 10.0. The molecule has 0 aliphatic heterocycles. The lowest BCUT2D eigenvalue weighted by Gasteiger charge is -2.20. The van der Waals surface area contributed by atoms with Gasteiger partial charge in [0.15, 0.2) is 9.84 Å². The van der Waals surface area contributed by atoms with Gasteiger partial charge in [0.2, 0.25) is 0 Å². The van der Waals surface area contributed by atoms with Gasteiger partial charge in [-0.2, -0.15) is 0 Å². The quantitative estimate of drug-likeness (QED) is 0.892. The third-order valence-corrected chi connectivity index (χ3v) is 4.65. The first kappa shape index (κ1) is 15.7. The molecule has 2 aromatic rings. The van der Waals surface area contributed by atoms with Crippen molar-refractivity contribution >= 4 is 9.84 Å². The molecule has 112 valence electrons. The predicted molar refractivity (Wildman–Crippen MR) is 86.1 cm³/mol. The first-order valence-corrected chi connectivity index (χ1v) is 8.97. The molecule has 0 aliphatic carbocycles. The summed E-state index contributed by atoms with van der Waals surface area (Å²) in [6.45, 7) is 2.89. The normalized spacial score (nSPS) is 13.0. The van der Waals surface area contributed by atoms with E-state index in [1.54, 1.807) is 12.1 Å². The van der Waals surface area contributed by atoms with Crippen molar-refractivity contribution in [1.82, 2.24) is 5.32 Å². The summed E-state index contributed by atoms with van der Waals surface area (Å²) in [6.07, 6.45) is 1.91. The van der Waals surface area contributed by atoms with Crippen LogP contribution in [-0.4, -0.2) is 21.2 Å². The molecule has 0 fully saturated rings. The Balaban J connectivity index is 2.35. The van der Waals surface area contributed by atoms with Crippen LogP contribution in [0.3, 0.4) is 0 Å². The molecule has 1 unspecified atom stereocenters. The van der Waals surface area contributed by atoms with E-state index in [9.17, 15) is 8.42 Å². The Bertz CT molecular complexity index is 681. The lowest BCUT2D eigenvalue weighted by molar-refractivity contribution is 0.544. The van der Waals surface area contributed by atoms with Gasteiger partial charge in [-0.05, 0) is 30.2 Å². The number of hydrogen-bond donors (Lipinski definition) is 1. The summed E-state index contributed by atoms with van der Waals surface area (Å²) in [4.78, 5) is 0.420. The third-order valence-electron chi connectivity index (χ3n) is 3.45. The zero-order valence-corrected chi connectivity index (χ0v) is 13.2. The molecule has 2 aromatic carbocycles. The van der Waals surface area contributed by atoms with Crippen molar-refractivity contribution in [2.45, 2.75) is 24.3 Å². The van der Waals surface area contributed by atoms with Crippen LogP contribution in [0, 0.1) is 0 Å². The van der Waals surface area contributed by atoms with Gasteiger partial charge in [0.1, 0.15) is 0 Å². The van der Waals surface area contributed by atoms with Gasteiger partial charge >= 0.3 is 0 Å². The minimum absolute atomic E-state index is 0.110. The molecule has 0 spiro atoms. The molecule has 1 N–H and O–H groups in total. The Labute approximate surface area is 126 Å². The van der Waals surface area contributed by atoms with Crippen molar-refractivity contribution in [3.63, 3.8) is 0 Å². The van der Waals surface area contributed by atoms with E-state index >= 15 is 0 Å². The standard InChI is InChI=1S/C17H21NO2S/c1-3-18-16(14-9-5-4-6-10-14)13-15-11-7-8-12-17(15)21(2,19)20/h4-12,16,18H,3,13H2,1-2H3. The number of benzene rings is 2. The molecule has 21 heavy (non-hydrogen) atoms. The maximum atomic E-state index is 11.9. The fourth-order valence-electron chi connectivity index (χ4n) is 2.49. The van der Waals surface area contributed by atoms with Crippen molar-refractivity contribution in [3.05, 3.63) is 65.7 Å². The summed E-state index contributed by atoms with van der Waals surface area (Å²) in [5, 5.41) is 3.43. The van der Waals surface area contributed by atoms with Gasteiger partial charge in [-0.1, -0.05) is 55.5 Å². The second-order valence-corrected chi connectivity index (χ2v) is 7.09. The SMILES string of the molecule is CCNC(Cc1ccccc1S(C)(=O)=O)c1ccccc1. The zero-order chi connectivity index (χ0) is 15.3. The molecule has 4 heteroatoms. The lowest BCUT2D eigenvalue weighted by Crippen LogP contribution is -2.23. The minimum Gasteiger partial charge on any atom is -0.310 e. The summed E-state index contributed by atoms with van der Waals surface area (Å²) in [5.41, 5.74) is 2.03. The maximum absolute atomic E-state index is 11.9. The van der Waals surface area contributed by atoms with Crippen LogP contribution < -0.4 is 5.32 Å². The van der Waals surface area contributed by atoms with Gasteiger partial charge < -0.3 is 5.32 Å². The Hall–Kier alpha value is -1.65. The van der Waals surface area contributed by atoms with Crippen molar-refractivity contribution in [3.8, 4) is 0 Å². The van der Waals surface area contributed by atoms with Gasteiger partial charge in [-0.15, -0.1) is 0 Å². The van der Waals surface area contributed by atoms with Gasteiger partial charge in [-0.25, -0.2) is 8.42 Å². The average molecular weight is 303 g/mol. The summed E-state index contributed by atoms with van der Waals surface area (Å²) < 4.78 is 23.8. The van der Waals surface area contributed by atoms with Crippen LogP contribution in [0.5, 0.6) is 0 Å². The largest absolute Gasteiger partial charge is 0.310 e. The molecular formula is C17H21NO2S. The fraction of sp³-hybridized carbons (Fsp3) is 0.294. The second kappa shape index (κ2) is 6.87. The van der Waals surface area contributed by atoms with Gasteiger partial charge in [0, 0.05) is 12.3 Å². The van der Waals surface area contributed by atoms with Gasteiger partial charge in [0.05, 0.1) is 4.90 Å². The fourth-order valence-corrected chi connectivity index (χ4v) is 3.45. The molecule has 0 amide bonds. The molecular weight excluding hydrogens is 282 g/mol. The van der Waals surface area contributed by atoms with E-state index in [4.69, 9.17) is 0 Å². The summed E-state index contributed by atoms with van der Waals surface area (Å²) in [7, 11) is -3.20. The van der Waals surface area contributed by atoms with Crippen LogP contribution in [0.2, 0.25) is 0 Å². The molecule has 0 saturated carbocycles. The Morgan fingerprint density at radius 3 is 2.24 bits per heavy atom. The molecule has 0 aromatic heterocycles. The highest BCUT2D eigenvalue weighted by molar-refractivity contribution is 7.90. The average Bonchev–Trinajstić information content (AvgIpc) is 2.47. The molecule has 0 aliphatic rings. The van der Waals surface area contributed by atoms with E-state index in [0.29, 0.717) is 11.3 Å². The summed E-state index contributed by atoms with van der Waals surface area (Å²) in [6, 6.07) is 17.5. The molecule has 2 rings (SSSR count). The molecule has 0 radical (unpaired) electrons. The monoisotopic (exact) mass is 303 g/mol. The van der Waals surface area contributed by atoms with E-state index in [1.807, 2.05) is 30.3 Å². The molecule has 1 atom stereocenters. The van der Waals surface area contributed by atoms with Gasteiger partial charge in [-0.3, -0.25) is 0 Å². The van der Waals surface area contributed by atoms with Crippen molar-refractivity contribution in [2.75, 3.05) is 12.8 Å². The van der Waals surface area contributed by atoms with E-state index in [1.165, 1.54) is 11.8 Å². The number of sulfone groups is 1. The van der Waals surface area contributed by atoms with Crippen molar-refractivity contribution in [1.29, 1.82) is 0 Å². The molecule has 0 heterocycles. The lowest BCUT2D eigenvalue weighted by atomic mass is 9.99. The highest BCUT2D eigenvalue weighted by Crippen LogP contribution is 2.23. The highest BCUT2D eigenvalue weighted by Gasteiger charge is 2.17. The van der Waals surface area contributed by atoms with Gasteiger partial charge in [0.25, 0.3) is 0 Å². The second-order valence-electron chi connectivity index (χ2n) is 5.10. The molecule has 0 bridgehead atoms. The third kappa shape index (κ3) is 4.16. The van der Waals surface area contributed by atoms with Crippen LogP contribution in [-0.2, 0) is 16.3 Å². The smallest absolute Gasteiger partial charge is 0.175 e. The van der Waals surface area contributed by atoms with Crippen LogP contribution in [0.25, 0.3) is 0 Å². The van der Waals surface area contributed by atoms with Crippen molar-refractivity contribution in [2.24, 2.45) is 0 Å². The summed E-state index contributed by atoms with van der Waals surface area (Å²) >= 11 is 0. The number of likely N-dealkylation sites (N-methyl/N-ethyl adjacent to an activating group) is 1. The minimum atomic E-state index is -3.20. The number of nitrogens with one attached hydrogen (secondary N) is 1. The van der Waals surface area contributed by atoms with Crippen LogP contribution in [0.15, 0.2) is 59.5 Å². The first-order valence-electron chi connectivity index (χ1n) is 7.08. The maximum Gasteiger partial charge on any atom is 0.175 e. The Kier molecular flexibility index (Phi) is 5.15. The Morgan fingerprint density at radius 1 is 1.00 bits per heavy atom. The number of rotatable bonds is 6. The molecule has 3 nitrogen and oxygen atoms in total. The van der Waals surface area contributed by atoms with E-state index in [2.05, 4.69) is 24.4 Å². The molecule has 0 saturated heterocycles. The van der Waals surface area contributed by atoms with Crippen LogP contribution >= 0.6 is 0 Å². The summed E-state index contributed by atoms with van der Waals surface area (Å²) in [5.74, 6) is 0. The van der Waals surface area contributed by atoms with Crippen LogP contribution in [0.1, 0.15) is 24.1 Å². The van der Waals surface area contributed by atoms with E-state index < -0.39 is 9.84 Å². The Morgan fingerprint density at radius 2 is 1.62 bits per heavy atom. The van der Waals surface area contributed by atoms with Crippen LogP contribution in [0.4, 0.5) is 0 Å². The highest BCUT2D eigenvalue weighted by atomic mass is 32.2. The number of hydrogen-bond acceptors (Lipinski definition) is 3.